The molecule has 0 aliphatic rings. The van der Waals surface area contributed by atoms with Gasteiger partial charge in [-0.3, -0.25) is 4.98 Å². The Morgan fingerprint density at radius 2 is 2.11 bits per heavy atom. The molecular formula is C14H10FN3O. The van der Waals surface area contributed by atoms with Crippen LogP contribution in [0.5, 0.6) is 5.75 Å². The molecule has 0 amide bonds. The monoisotopic (exact) mass is 255 g/mol. The predicted octanol–water partition coefficient (Wildman–Crippen LogP) is 2.78. The van der Waals surface area contributed by atoms with Gasteiger partial charge in [-0.2, -0.15) is 0 Å². The van der Waals surface area contributed by atoms with Gasteiger partial charge in [0, 0.05) is 18.0 Å². The molecule has 0 unspecified atom stereocenters. The summed E-state index contributed by atoms with van der Waals surface area (Å²) in [4.78, 5) is 8.27. The van der Waals surface area contributed by atoms with Crippen molar-refractivity contribution in [2.45, 2.75) is 0 Å². The average Bonchev–Trinajstić information content (AvgIpc) is 2.93. The van der Waals surface area contributed by atoms with E-state index in [2.05, 4.69) is 9.97 Å². The molecule has 0 fully saturated rings. The fourth-order valence-electron chi connectivity index (χ4n) is 1.79. The first kappa shape index (κ1) is 11.4. The minimum Gasteiger partial charge on any atom is -0.505 e. The third-order valence-corrected chi connectivity index (χ3v) is 2.77. The normalized spacial score (nSPS) is 10.6. The lowest BCUT2D eigenvalue weighted by molar-refractivity contribution is 0.432. The molecule has 3 aromatic rings. The van der Waals surface area contributed by atoms with E-state index in [4.69, 9.17) is 0 Å². The van der Waals surface area contributed by atoms with E-state index in [0.29, 0.717) is 11.3 Å². The Bertz CT molecular complexity index is 710. The summed E-state index contributed by atoms with van der Waals surface area (Å²) in [6, 6.07) is 7.88. The molecule has 1 aromatic carbocycles. The van der Waals surface area contributed by atoms with E-state index in [-0.39, 0.29) is 5.75 Å². The Morgan fingerprint density at radius 3 is 2.84 bits per heavy atom. The molecule has 4 nitrogen and oxygen atoms in total. The standard InChI is InChI=1S/C14H10FN3O/c15-12-4-3-10(6-14(12)19)13-8-18(9-17-13)11-2-1-5-16-7-11/h1-9,19H. The summed E-state index contributed by atoms with van der Waals surface area (Å²) in [7, 11) is 0. The summed E-state index contributed by atoms with van der Waals surface area (Å²) in [6.07, 6.45) is 6.85. The molecule has 1 N–H and O–H groups in total. The molecule has 0 atom stereocenters. The summed E-state index contributed by atoms with van der Waals surface area (Å²) in [5.74, 6) is -1.02. The van der Waals surface area contributed by atoms with Crippen molar-refractivity contribution >= 4 is 0 Å². The number of hydrogen-bond donors (Lipinski definition) is 1. The Labute approximate surface area is 108 Å². The van der Waals surface area contributed by atoms with Crippen LogP contribution in [0.4, 0.5) is 4.39 Å². The maximum absolute atomic E-state index is 13.0. The Morgan fingerprint density at radius 1 is 1.21 bits per heavy atom. The zero-order valence-electron chi connectivity index (χ0n) is 9.86. The van der Waals surface area contributed by atoms with Crippen LogP contribution in [0.3, 0.4) is 0 Å². The SMILES string of the molecule is Oc1cc(-c2cn(-c3cccnc3)cn2)ccc1F. The summed E-state index contributed by atoms with van der Waals surface area (Å²) in [5, 5.41) is 9.37. The highest BCUT2D eigenvalue weighted by atomic mass is 19.1. The van der Waals surface area contributed by atoms with Crippen molar-refractivity contribution in [3.05, 3.63) is 61.1 Å². The van der Waals surface area contributed by atoms with Gasteiger partial charge in [-0.25, -0.2) is 9.37 Å². The van der Waals surface area contributed by atoms with Crippen molar-refractivity contribution in [3.63, 3.8) is 0 Å². The van der Waals surface area contributed by atoms with Gasteiger partial charge in [0.15, 0.2) is 11.6 Å². The van der Waals surface area contributed by atoms with Crippen LogP contribution < -0.4 is 0 Å². The van der Waals surface area contributed by atoms with Gasteiger partial charge >= 0.3 is 0 Å². The number of nitrogens with zero attached hydrogens (tertiary/aromatic N) is 3. The molecule has 2 heterocycles. The van der Waals surface area contributed by atoms with Gasteiger partial charge < -0.3 is 9.67 Å². The van der Waals surface area contributed by atoms with Gasteiger partial charge in [0.05, 0.1) is 23.9 Å². The van der Waals surface area contributed by atoms with Crippen molar-refractivity contribution in [2.75, 3.05) is 0 Å². The zero-order chi connectivity index (χ0) is 13.2. The van der Waals surface area contributed by atoms with Crippen molar-refractivity contribution in [1.29, 1.82) is 0 Å². The quantitative estimate of drug-likeness (QED) is 0.766. The van der Waals surface area contributed by atoms with Crippen LogP contribution in [0.15, 0.2) is 55.2 Å². The van der Waals surface area contributed by atoms with Crippen LogP contribution in [0.25, 0.3) is 16.9 Å². The molecule has 0 aliphatic heterocycles. The maximum Gasteiger partial charge on any atom is 0.164 e. The van der Waals surface area contributed by atoms with E-state index in [1.54, 1.807) is 31.0 Å². The van der Waals surface area contributed by atoms with Crippen molar-refractivity contribution in [2.24, 2.45) is 0 Å². The van der Waals surface area contributed by atoms with E-state index >= 15 is 0 Å². The maximum atomic E-state index is 13.0. The second-order valence-corrected chi connectivity index (χ2v) is 4.04. The number of pyridine rings is 1. The highest BCUT2D eigenvalue weighted by molar-refractivity contribution is 5.61. The van der Waals surface area contributed by atoms with Crippen molar-refractivity contribution in [3.8, 4) is 22.7 Å². The Balaban J connectivity index is 1.99. The number of phenolic OH excluding ortho intramolecular Hbond substituents is 1. The largest absolute Gasteiger partial charge is 0.505 e. The third-order valence-electron chi connectivity index (χ3n) is 2.77. The molecule has 0 radical (unpaired) electrons. The predicted molar refractivity (Wildman–Crippen MR) is 68.4 cm³/mol. The van der Waals surface area contributed by atoms with Crippen LogP contribution in [0.2, 0.25) is 0 Å². The number of imidazole rings is 1. The Hall–Kier alpha value is -2.69. The lowest BCUT2D eigenvalue weighted by Gasteiger charge is -2.00. The minimum absolute atomic E-state index is 0.381. The number of aromatic hydroxyl groups is 1. The van der Waals surface area contributed by atoms with Crippen LogP contribution in [-0.4, -0.2) is 19.6 Å². The molecular weight excluding hydrogens is 245 g/mol. The smallest absolute Gasteiger partial charge is 0.164 e. The number of rotatable bonds is 2. The van der Waals surface area contributed by atoms with Gasteiger partial charge in [-0.1, -0.05) is 0 Å². The molecule has 0 aliphatic carbocycles. The average molecular weight is 255 g/mol. The van der Waals surface area contributed by atoms with E-state index in [9.17, 15) is 9.50 Å². The van der Waals surface area contributed by atoms with Gasteiger partial charge in [0.1, 0.15) is 0 Å². The summed E-state index contributed by atoms with van der Waals surface area (Å²) >= 11 is 0. The fraction of sp³-hybridized carbons (Fsp3) is 0. The van der Waals surface area contributed by atoms with E-state index in [1.165, 1.54) is 12.1 Å². The van der Waals surface area contributed by atoms with Gasteiger partial charge in [0.2, 0.25) is 0 Å². The van der Waals surface area contributed by atoms with E-state index in [0.717, 1.165) is 5.69 Å². The van der Waals surface area contributed by atoms with Crippen LogP contribution in [0, 0.1) is 5.82 Å². The number of halogens is 1. The first-order valence-electron chi connectivity index (χ1n) is 5.67. The number of phenols is 1. The molecule has 0 bridgehead atoms. The number of benzene rings is 1. The summed E-state index contributed by atoms with van der Waals surface area (Å²) in [5.41, 5.74) is 2.19. The van der Waals surface area contributed by atoms with E-state index in [1.807, 2.05) is 16.7 Å². The van der Waals surface area contributed by atoms with Crippen LogP contribution in [-0.2, 0) is 0 Å². The highest BCUT2D eigenvalue weighted by Gasteiger charge is 2.07. The molecule has 0 saturated carbocycles. The zero-order valence-corrected chi connectivity index (χ0v) is 9.86. The second-order valence-electron chi connectivity index (χ2n) is 4.04. The molecule has 3 rings (SSSR count). The number of aromatic nitrogens is 3. The van der Waals surface area contributed by atoms with Crippen LogP contribution >= 0.6 is 0 Å². The molecule has 0 spiro atoms. The molecule has 2 aromatic heterocycles. The lowest BCUT2D eigenvalue weighted by atomic mass is 10.1. The molecule has 94 valence electrons. The topological polar surface area (TPSA) is 50.9 Å². The van der Waals surface area contributed by atoms with Gasteiger partial charge in [-0.15, -0.1) is 0 Å². The lowest BCUT2D eigenvalue weighted by Crippen LogP contribution is -1.89. The van der Waals surface area contributed by atoms with Crippen LogP contribution in [0.1, 0.15) is 0 Å². The molecule has 19 heavy (non-hydrogen) atoms. The fourth-order valence-corrected chi connectivity index (χ4v) is 1.79. The number of hydrogen-bond acceptors (Lipinski definition) is 3. The molecule has 5 heteroatoms. The summed E-state index contributed by atoms with van der Waals surface area (Å²) in [6.45, 7) is 0. The second kappa shape index (κ2) is 4.53. The third kappa shape index (κ3) is 2.18. The first-order chi connectivity index (χ1) is 9.24. The Kier molecular flexibility index (Phi) is 2.72. The van der Waals surface area contributed by atoms with Crippen molar-refractivity contribution in [1.82, 2.24) is 14.5 Å². The van der Waals surface area contributed by atoms with Crippen molar-refractivity contribution < 1.29 is 9.50 Å². The van der Waals surface area contributed by atoms with E-state index < -0.39 is 5.82 Å². The molecule has 0 saturated heterocycles. The highest BCUT2D eigenvalue weighted by Crippen LogP contribution is 2.24. The minimum atomic E-state index is -0.643. The van der Waals surface area contributed by atoms with Gasteiger partial charge in [-0.05, 0) is 30.3 Å². The van der Waals surface area contributed by atoms with Gasteiger partial charge in [0.25, 0.3) is 0 Å². The first-order valence-corrected chi connectivity index (χ1v) is 5.67. The summed E-state index contributed by atoms with van der Waals surface area (Å²) < 4.78 is 14.8.